The molecule has 9 heteroatoms. The second kappa shape index (κ2) is 7.67. The van der Waals surface area contributed by atoms with Gasteiger partial charge in [0.15, 0.2) is 0 Å². The SMILES string of the molecule is CCS(=O)(=O)NC1NNC2CCC(c3cn(Cc4ccccc4)nn3)CC21. The van der Waals surface area contributed by atoms with Crippen molar-refractivity contribution in [3.8, 4) is 0 Å². The molecule has 1 saturated carbocycles. The minimum Gasteiger partial charge on any atom is -0.253 e. The molecule has 8 nitrogen and oxygen atoms in total. The molecule has 0 spiro atoms. The van der Waals surface area contributed by atoms with Gasteiger partial charge in [-0.05, 0) is 31.7 Å². The standard InChI is InChI=1S/C18H26N6O2S/c1-2-27(25,26)22-18-15-10-14(8-9-16(15)19-21-18)17-12-24(23-20-17)11-13-6-4-3-5-7-13/h3-7,12,14-16,18-19,21-22H,2,8-11H2,1H3. The zero-order valence-corrected chi connectivity index (χ0v) is 16.2. The molecule has 0 radical (unpaired) electrons. The van der Waals surface area contributed by atoms with Crippen LogP contribution in [0.25, 0.3) is 0 Å². The van der Waals surface area contributed by atoms with E-state index in [0.717, 1.165) is 25.0 Å². The topological polar surface area (TPSA) is 101 Å². The molecule has 4 atom stereocenters. The van der Waals surface area contributed by atoms with Crippen molar-refractivity contribution in [2.45, 2.75) is 50.9 Å². The molecule has 1 aliphatic carbocycles. The summed E-state index contributed by atoms with van der Waals surface area (Å²) < 4.78 is 28.6. The van der Waals surface area contributed by atoms with E-state index in [9.17, 15) is 8.42 Å². The Morgan fingerprint density at radius 3 is 2.81 bits per heavy atom. The molecule has 1 aromatic carbocycles. The van der Waals surface area contributed by atoms with Gasteiger partial charge in [-0.15, -0.1) is 5.10 Å². The molecule has 1 saturated heterocycles. The molecule has 1 aliphatic heterocycles. The molecule has 2 aromatic rings. The Kier molecular flexibility index (Phi) is 5.27. The first-order valence-electron chi connectivity index (χ1n) is 9.49. The third-order valence-electron chi connectivity index (χ3n) is 5.60. The lowest BCUT2D eigenvalue weighted by molar-refractivity contribution is 0.268. The predicted octanol–water partition coefficient (Wildman–Crippen LogP) is 0.952. The molecule has 146 valence electrons. The first-order valence-corrected chi connectivity index (χ1v) is 11.1. The van der Waals surface area contributed by atoms with Crippen molar-refractivity contribution >= 4 is 10.0 Å². The summed E-state index contributed by atoms with van der Waals surface area (Å²) in [6.45, 7) is 2.35. The maximum Gasteiger partial charge on any atom is 0.212 e. The number of nitrogens with zero attached hydrogens (tertiary/aromatic N) is 3. The third-order valence-corrected chi connectivity index (χ3v) is 6.97. The van der Waals surface area contributed by atoms with E-state index in [2.05, 4.69) is 38.0 Å². The van der Waals surface area contributed by atoms with Crippen LogP contribution in [-0.4, -0.2) is 41.4 Å². The number of fused-ring (bicyclic) bond motifs is 1. The zero-order valence-electron chi connectivity index (χ0n) is 15.4. The number of rotatable bonds is 6. The highest BCUT2D eigenvalue weighted by Gasteiger charge is 2.42. The van der Waals surface area contributed by atoms with E-state index in [-0.39, 0.29) is 23.9 Å². The van der Waals surface area contributed by atoms with Gasteiger partial charge >= 0.3 is 0 Å². The molecule has 4 unspecified atom stereocenters. The molecule has 2 fully saturated rings. The van der Waals surface area contributed by atoms with Crippen molar-refractivity contribution in [3.05, 3.63) is 47.8 Å². The maximum absolute atomic E-state index is 12.0. The van der Waals surface area contributed by atoms with Crippen LogP contribution in [-0.2, 0) is 16.6 Å². The van der Waals surface area contributed by atoms with Crippen LogP contribution in [0.2, 0.25) is 0 Å². The second-order valence-corrected chi connectivity index (χ2v) is 9.44. The zero-order chi connectivity index (χ0) is 18.9. The number of hydrogen-bond donors (Lipinski definition) is 3. The van der Waals surface area contributed by atoms with E-state index in [1.54, 1.807) is 6.92 Å². The lowest BCUT2D eigenvalue weighted by atomic mass is 9.77. The molecule has 0 amide bonds. The number of benzene rings is 1. The van der Waals surface area contributed by atoms with Crippen molar-refractivity contribution < 1.29 is 8.42 Å². The highest BCUT2D eigenvalue weighted by molar-refractivity contribution is 7.89. The summed E-state index contributed by atoms with van der Waals surface area (Å²) in [6, 6.07) is 10.5. The van der Waals surface area contributed by atoms with E-state index < -0.39 is 10.0 Å². The van der Waals surface area contributed by atoms with E-state index >= 15 is 0 Å². The van der Waals surface area contributed by atoms with Gasteiger partial charge in [-0.2, -0.15) is 4.72 Å². The van der Waals surface area contributed by atoms with Crippen molar-refractivity contribution in [3.63, 3.8) is 0 Å². The highest BCUT2D eigenvalue weighted by Crippen LogP contribution is 2.38. The second-order valence-electron chi connectivity index (χ2n) is 7.39. The summed E-state index contributed by atoms with van der Waals surface area (Å²) in [6.07, 6.45) is 4.64. The van der Waals surface area contributed by atoms with Gasteiger partial charge in [0.05, 0.1) is 24.2 Å². The lowest BCUT2D eigenvalue weighted by Crippen LogP contribution is -2.47. The summed E-state index contributed by atoms with van der Waals surface area (Å²) in [5.74, 6) is 0.579. The van der Waals surface area contributed by atoms with E-state index in [4.69, 9.17) is 0 Å². The van der Waals surface area contributed by atoms with E-state index in [1.165, 1.54) is 5.56 Å². The summed E-state index contributed by atoms with van der Waals surface area (Å²) >= 11 is 0. The number of sulfonamides is 1. The number of hydrazine groups is 1. The first-order chi connectivity index (χ1) is 13.0. The van der Waals surface area contributed by atoms with Crippen molar-refractivity contribution in [2.24, 2.45) is 5.92 Å². The van der Waals surface area contributed by atoms with Crippen LogP contribution < -0.4 is 15.6 Å². The molecular formula is C18H26N6O2S. The average Bonchev–Trinajstić information content (AvgIpc) is 3.29. The fourth-order valence-corrected chi connectivity index (χ4v) is 4.85. The molecule has 3 N–H and O–H groups in total. The van der Waals surface area contributed by atoms with Crippen molar-refractivity contribution in [1.29, 1.82) is 0 Å². The van der Waals surface area contributed by atoms with Crippen LogP contribution in [0, 0.1) is 5.92 Å². The summed E-state index contributed by atoms with van der Waals surface area (Å²) in [5, 5.41) is 8.69. The fraction of sp³-hybridized carbons (Fsp3) is 0.556. The Morgan fingerprint density at radius 2 is 2.04 bits per heavy atom. The van der Waals surface area contributed by atoms with Crippen LogP contribution in [0.15, 0.2) is 36.5 Å². The number of hydrogen-bond acceptors (Lipinski definition) is 6. The van der Waals surface area contributed by atoms with Gasteiger partial charge in [-0.3, -0.25) is 5.43 Å². The number of aromatic nitrogens is 3. The van der Waals surface area contributed by atoms with Gasteiger partial charge in [0.25, 0.3) is 0 Å². The Hall–Kier alpha value is -1.81. The Labute approximate surface area is 159 Å². The Morgan fingerprint density at radius 1 is 1.22 bits per heavy atom. The minimum absolute atomic E-state index is 0.0831. The summed E-state index contributed by atoms with van der Waals surface area (Å²) in [4.78, 5) is 0. The smallest absolute Gasteiger partial charge is 0.212 e. The average molecular weight is 391 g/mol. The maximum atomic E-state index is 12.0. The Balaban J connectivity index is 1.43. The van der Waals surface area contributed by atoms with Crippen LogP contribution in [0.1, 0.15) is 43.4 Å². The lowest BCUT2D eigenvalue weighted by Gasteiger charge is -2.32. The van der Waals surface area contributed by atoms with Gasteiger partial charge in [0.1, 0.15) is 0 Å². The van der Waals surface area contributed by atoms with Gasteiger partial charge in [0, 0.05) is 24.1 Å². The van der Waals surface area contributed by atoms with Gasteiger partial charge in [0.2, 0.25) is 10.0 Å². The first kappa shape index (κ1) is 18.5. The van der Waals surface area contributed by atoms with Crippen LogP contribution in [0.3, 0.4) is 0 Å². The monoisotopic (exact) mass is 390 g/mol. The van der Waals surface area contributed by atoms with Gasteiger partial charge in [-0.1, -0.05) is 35.5 Å². The van der Waals surface area contributed by atoms with E-state index in [1.807, 2.05) is 29.1 Å². The van der Waals surface area contributed by atoms with E-state index in [0.29, 0.717) is 12.5 Å². The number of nitrogens with one attached hydrogen (secondary N) is 3. The molecule has 4 rings (SSSR count). The van der Waals surface area contributed by atoms with Crippen molar-refractivity contribution in [2.75, 3.05) is 5.75 Å². The van der Waals surface area contributed by atoms with Gasteiger partial charge in [-0.25, -0.2) is 18.5 Å². The third kappa shape index (κ3) is 4.21. The predicted molar refractivity (Wildman–Crippen MR) is 102 cm³/mol. The molecule has 1 aromatic heterocycles. The van der Waals surface area contributed by atoms with Crippen LogP contribution in [0.5, 0.6) is 0 Å². The van der Waals surface area contributed by atoms with Crippen molar-refractivity contribution in [1.82, 2.24) is 30.6 Å². The molecular weight excluding hydrogens is 364 g/mol. The highest BCUT2D eigenvalue weighted by atomic mass is 32.2. The van der Waals surface area contributed by atoms with Gasteiger partial charge < -0.3 is 0 Å². The molecule has 2 aliphatic rings. The molecule has 27 heavy (non-hydrogen) atoms. The Bertz CT molecular complexity index is 869. The summed E-state index contributed by atoms with van der Waals surface area (Å²) in [5.41, 5.74) is 8.55. The normalized spacial score (nSPS) is 28.2. The summed E-state index contributed by atoms with van der Waals surface area (Å²) in [7, 11) is -3.25. The largest absolute Gasteiger partial charge is 0.253 e. The van der Waals surface area contributed by atoms with Crippen LogP contribution >= 0.6 is 0 Å². The minimum atomic E-state index is -3.25. The van der Waals surface area contributed by atoms with Crippen LogP contribution in [0.4, 0.5) is 0 Å². The fourth-order valence-electron chi connectivity index (χ4n) is 4.07. The molecule has 2 heterocycles. The quantitative estimate of drug-likeness (QED) is 0.679. The molecule has 0 bridgehead atoms.